The molecule has 1 fully saturated rings. The second kappa shape index (κ2) is 9.69. The van der Waals surface area contributed by atoms with Crippen LogP contribution in [0.2, 0.25) is 0 Å². The molecule has 4 rings (SSSR count). The fourth-order valence-electron chi connectivity index (χ4n) is 4.15. The summed E-state index contributed by atoms with van der Waals surface area (Å²) in [7, 11) is 3.29. The van der Waals surface area contributed by atoms with Crippen molar-refractivity contribution in [1.29, 1.82) is 0 Å². The molecule has 0 atom stereocenters. The molecule has 0 aliphatic heterocycles. The van der Waals surface area contributed by atoms with Crippen LogP contribution in [0.15, 0.2) is 54.7 Å². The lowest BCUT2D eigenvalue weighted by Gasteiger charge is -2.12. The van der Waals surface area contributed by atoms with Crippen LogP contribution in [0.3, 0.4) is 0 Å². The number of aromatic nitrogens is 2. The fraction of sp³-hybridized carbons (Fsp3) is 0.360. The molecule has 0 saturated heterocycles. The molecule has 0 spiro atoms. The zero-order valence-corrected chi connectivity index (χ0v) is 18.1. The molecule has 1 amide bonds. The van der Waals surface area contributed by atoms with E-state index in [1.54, 1.807) is 14.2 Å². The highest BCUT2D eigenvalue weighted by molar-refractivity contribution is 5.77. The van der Waals surface area contributed by atoms with E-state index in [1.165, 1.54) is 12.8 Å². The maximum Gasteiger partial charge on any atom is 0.220 e. The lowest BCUT2D eigenvalue weighted by molar-refractivity contribution is -0.121. The van der Waals surface area contributed by atoms with Gasteiger partial charge in [0.05, 0.1) is 25.6 Å². The summed E-state index contributed by atoms with van der Waals surface area (Å²) in [6, 6.07) is 16.0. The molecule has 6 nitrogen and oxygen atoms in total. The van der Waals surface area contributed by atoms with Crippen molar-refractivity contribution >= 4 is 5.91 Å². The molecule has 0 unspecified atom stereocenters. The third kappa shape index (κ3) is 4.90. The molecule has 3 aromatic rings. The molecule has 1 aromatic heterocycles. The Balaban J connectivity index is 1.65. The molecule has 162 valence electrons. The number of para-hydroxylation sites is 1. The maximum atomic E-state index is 12.5. The van der Waals surface area contributed by atoms with Gasteiger partial charge < -0.3 is 14.8 Å². The second-order valence-corrected chi connectivity index (χ2v) is 7.90. The Kier molecular flexibility index (Phi) is 6.55. The quantitative estimate of drug-likeness (QED) is 0.582. The van der Waals surface area contributed by atoms with E-state index in [0.29, 0.717) is 18.9 Å². The van der Waals surface area contributed by atoms with Gasteiger partial charge in [-0.05, 0) is 55.2 Å². The van der Waals surface area contributed by atoms with Crippen LogP contribution >= 0.6 is 0 Å². The average Bonchev–Trinajstić information content (AvgIpc) is 3.48. The van der Waals surface area contributed by atoms with Crippen molar-refractivity contribution in [2.75, 3.05) is 14.2 Å². The highest BCUT2D eigenvalue weighted by Crippen LogP contribution is 2.35. The minimum absolute atomic E-state index is 0.0999. The predicted octanol–water partition coefficient (Wildman–Crippen LogP) is 4.55. The van der Waals surface area contributed by atoms with E-state index in [4.69, 9.17) is 14.6 Å². The van der Waals surface area contributed by atoms with Crippen molar-refractivity contribution in [2.45, 2.75) is 44.6 Å². The highest BCUT2D eigenvalue weighted by Gasteiger charge is 2.20. The van der Waals surface area contributed by atoms with E-state index in [9.17, 15) is 4.79 Å². The summed E-state index contributed by atoms with van der Waals surface area (Å²) in [5, 5.41) is 8.04. The minimum atomic E-state index is 0.0999. The van der Waals surface area contributed by atoms with Gasteiger partial charge in [-0.25, -0.2) is 4.68 Å². The lowest BCUT2D eigenvalue weighted by Crippen LogP contribution is -2.32. The van der Waals surface area contributed by atoms with Crippen LogP contribution < -0.4 is 14.8 Å². The minimum Gasteiger partial charge on any atom is -0.497 e. The number of rotatable bonds is 8. The fourth-order valence-corrected chi connectivity index (χ4v) is 4.15. The molecule has 1 aliphatic carbocycles. The smallest absolute Gasteiger partial charge is 0.220 e. The summed E-state index contributed by atoms with van der Waals surface area (Å²) >= 11 is 0. The number of carbonyl (C=O) groups excluding carboxylic acids is 1. The molecule has 6 heteroatoms. The van der Waals surface area contributed by atoms with E-state index in [2.05, 4.69) is 5.32 Å². The van der Waals surface area contributed by atoms with Gasteiger partial charge in [-0.15, -0.1) is 0 Å². The Morgan fingerprint density at radius 2 is 1.87 bits per heavy atom. The highest BCUT2D eigenvalue weighted by atomic mass is 16.5. The molecule has 1 N–H and O–H groups in total. The molecule has 1 heterocycles. The molecule has 0 radical (unpaired) electrons. The zero-order chi connectivity index (χ0) is 21.6. The first-order valence-electron chi connectivity index (χ1n) is 10.8. The van der Waals surface area contributed by atoms with Crippen LogP contribution in [-0.4, -0.2) is 35.9 Å². The van der Waals surface area contributed by atoms with Crippen LogP contribution in [0, 0.1) is 0 Å². The monoisotopic (exact) mass is 419 g/mol. The number of hydrogen-bond donors (Lipinski definition) is 1. The van der Waals surface area contributed by atoms with Crippen molar-refractivity contribution in [3.8, 4) is 28.4 Å². The number of aryl methyl sites for hydroxylation is 1. The Bertz CT molecular complexity index is 1020. The van der Waals surface area contributed by atoms with Gasteiger partial charge in [-0.1, -0.05) is 31.0 Å². The average molecular weight is 420 g/mol. The standard InChI is InChI=1S/C25H29N3O3/c1-30-21-13-14-23(31-2)22(16-21)25-18(12-15-24(29)26-19-8-6-7-9-19)17-28(27-25)20-10-4-3-5-11-20/h3-5,10-11,13-14,16-17,19H,6-9,12,15H2,1-2H3,(H,26,29). The summed E-state index contributed by atoms with van der Waals surface area (Å²) in [5.41, 5.74) is 3.61. The first-order chi connectivity index (χ1) is 15.2. The third-order valence-electron chi connectivity index (χ3n) is 5.81. The van der Waals surface area contributed by atoms with Crippen molar-refractivity contribution in [2.24, 2.45) is 0 Å². The van der Waals surface area contributed by atoms with E-state index < -0.39 is 0 Å². The van der Waals surface area contributed by atoms with Crippen LogP contribution in [0.1, 0.15) is 37.7 Å². The van der Waals surface area contributed by atoms with Crippen molar-refractivity contribution in [1.82, 2.24) is 15.1 Å². The van der Waals surface area contributed by atoms with Gasteiger partial charge >= 0.3 is 0 Å². The van der Waals surface area contributed by atoms with Crippen molar-refractivity contribution in [3.63, 3.8) is 0 Å². The van der Waals surface area contributed by atoms with Crippen LogP contribution in [0.25, 0.3) is 16.9 Å². The van der Waals surface area contributed by atoms with Crippen LogP contribution in [0.5, 0.6) is 11.5 Å². The molecule has 1 aliphatic rings. The van der Waals surface area contributed by atoms with Gasteiger partial charge in [-0.3, -0.25) is 4.79 Å². The Morgan fingerprint density at radius 1 is 1.10 bits per heavy atom. The summed E-state index contributed by atoms with van der Waals surface area (Å²) in [4.78, 5) is 12.5. The van der Waals surface area contributed by atoms with Crippen LogP contribution in [0.4, 0.5) is 0 Å². The molecule has 1 saturated carbocycles. The van der Waals surface area contributed by atoms with E-state index >= 15 is 0 Å². The first-order valence-corrected chi connectivity index (χ1v) is 10.8. The van der Waals surface area contributed by atoms with Crippen LogP contribution in [-0.2, 0) is 11.2 Å². The SMILES string of the molecule is COc1ccc(OC)c(-c2nn(-c3ccccc3)cc2CCC(=O)NC2CCCC2)c1. The third-order valence-corrected chi connectivity index (χ3v) is 5.81. The number of hydrogen-bond acceptors (Lipinski definition) is 4. The van der Waals surface area contributed by atoms with Gasteiger partial charge in [0.1, 0.15) is 11.5 Å². The number of nitrogens with one attached hydrogen (secondary N) is 1. The predicted molar refractivity (Wildman–Crippen MR) is 121 cm³/mol. The van der Waals surface area contributed by atoms with E-state index in [-0.39, 0.29) is 5.91 Å². The number of carbonyl (C=O) groups is 1. The molecular weight excluding hydrogens is 390 g/mol. The van der Waals surface area contributed by atoms with Gasteiger partial charge in [0.25, 0.3) is 0 Å². The number of nitrogens with zero attached hydrogens (tertiary/aromatic N) is 2. The summed E-state index contributed by atoms with van der Waals surface area (Å²) in [5.74, 6) is 1.55. The number of amides is 1. The Labute approximate surface area is 183 Å². The lowest BCUT2D eigenvalue weighted by atomic mass is 10.0. The second-order valence-electron chi connectivity index (χ2n) is 7.90. The Morgan fingerprint density at radius 3 is 2.58 bits per heavy atom. The summed E-state index contributed by atoms with van der Waals surface area (Å²) in [6.45, 7) is 0. The zero-order valence-electron chi connectivity index (χ0n) is 18.1. The van der Waals surface area contributed by atoms with Gasteiger partial charge in [0, 0.05) is 24.2 Å². The Hall–Kier alpha value is -3.28. The number of methoxy groups -OCH3 is 2. The summed E-state index contributed by atoms with van der Waals surface area (Å²) in [6.07, 6.45) is 7.61. The number of benzene rings is 2. The van der Waals surface area contributed by atoms with Crippen molar-refractivity contribution in [3.05, 3.63) is 60.3 Å². The maximum absolute atomic E-state index is 12.5. The largest absolute Gasteiger partial charge is 0.497 e. The molecular formula is C25H29N3O3. The molecule has 2 aromatic carbocycles. The van der Waals surface area contributed by atoms with E-state index in [1.807, 2.05) is 59.4 Å². The normalized spacial score (nSPS) is 13.9. The van der Waals surface area contributed by atoms with Gasteiger partial charge in [0.15, 0.2) is 0 Å². The van der Waals surface area contributed by atoms with Crippen molar-refractivity contribution < 1.29 is 14.3 Å². The topological polar surface area (TPSA) is 65.4 Å². The van der Waals surface area contributed by atoms with Gasteiger partial charge in [0.2, 0.25) is 5.91 Å². The summed E-state index contributed by atoms with van der Waals surface area (Å²) < 4.78 is 12.9. The first kappa shape index (κ1) is 21.0. The van der Waals surface area contributed by atoms with Gasteiger partial charge in [-0.2, -0.15) is 5.10 Å². The molecule has 31 heavy (non-hydrogen) atoms. The number of ether oxygens (including phenoxy) is 2. The van der Waals surface area contributed by atoms with E-state index in [0.717, 1.165) is 46.8 Å². The molecule has 0 bridgehead atoms.